The summed E-state index contributed by atoms with van der Waals surface area (Å²) in [7, 11) is 0. The van der Waals surface area contributed by atoms with E-state index in [1.165, 1.54) is 6.20 Å². The molecule has 0 fully saturated rings. The average Bonchev–Trinajstić information content (AvgIpc) is 1.86. The van der Waals surface area contributed by atoms with Crippen molar-refractivity contribution in [2.24, 2.45) is 0 Å². The summed E-state index contributed by atoms with van der Waals surface area (Å²) in [6.07, 6.45) is 2.23. The van der Waals surface area contributed by atoms with E-state index in [4.69, 9.17) is 4.11 Å². The summed E-state index contributed by atoms with van der Waals surface area (Å²) in [4.78, 5) is 3.51. The van der Waals surface area contributed by atoms with Gasteiger partial charge in [-0.1, -0.05) is 0 Å². The zero-order chi connectivity index (χ0) is 8.48. The second kappa shape index (κ2) is 1.90. The molecule has 1 aromatic rings. The van der Waals surface area contributed by atoms with Gasteiger partial charge in [-0.05, 0) is 12.9 Å². The van der Waals surface area contributed by atoms with E-state index in [2.05, 4.69) is 4.98 Å². The van der Waals surface area contributed by atoms with Crippen molar-refractivity contribution in [1.82, 2.24) is 4.98 Å². The highest BCUT2D eigenvalue weighted by atomic mass is 19.1. The second-order valence-electron chi connectivity index (χ2n) is 1.36. The molecule has 0 unspecified atom stereocenters. The van der Waals surface area contributed by atoms with E-state index in [9.17, 15) is 4.39 Å². The summed E-state index contributed by atoms with van der Waals surface area (Å²) in [5, 5.41) is 0. The predicted molar refractivity (Wildman–Crippen MR) is 28.9 cm³/mol. The van der Waals surface area contributed by atoms with Gasteiger partial charge in [0.2, 0.25) is 0 Å². The Bertz CT molecular complexity index is 258. The Morgan fingerprint density at radius 3 is 3.25 bits per heavy atom. The summed E-state index contributed by atoms with van der Waals surface area (Å²) in [6, 6.07) is 1.03. The first-order valence-corrected chi connectivity index (χ1v) is 2.12. The lowest BCUT2D eigenvalue weighted by atomic mass is 10.3. The van der Waals surface area contributed by atoms with Crippen LogP contribution < -0.4 is 0 Å². The van der Waals surface area contributed by atoms with Gasteiger partial charge in [0.25, 0.3) is 0 Å². The molecule has 8 heavy (non-hydrogen) atoms. The smallest absolute Gasteiger partial charge is 0.129 e. The quantitative estimate of drug-likeness (QED) is 0.498. The molecule has 0 saturated heterocycles. The van der Waals surface area contributed by atoms with E-state index in [1.54, 1.807) is 0 Å². The fourth-order valence-corrected chi connectivity index (χ4v) is 0.377. The van der Waals surface area contributed by atoms with Gasteiger partial charge >= 0.3 is 0 Å². The van der Waals surface area contributed by atoms with Gasteiger partial charge in [0.1, 0.15) is 5.82 Å². The third-order valence-corrected chi connectivity index (χ3v) is 0.768. The summed E-state index contributed by atoms with van der Waals surface area (Å²) in [5.41, 5.74) is -0.333. The molecule has 1 aromatic heterocycles. The van der Waals surface area contributed by atoms with Crippen molar-refractivity contribution in [3.05, 3.63) is 29.8 Å². The van der Waals surface area contributed by atoms with Crippen LogP contribution in [0.1, 0.15) is 9.68 Å². The van der Waals surface area contributed by atoms with Crippen LogP contribution in [0.2, 0.25) is 0 Å². The van der Waals surface area contributed by atoms with Gasteiger partial charge in [0.15, 0.2) is 0 Å². The van der Waals surface area contributed by atoms with Crippen LogP contribution in [0.5, 0.6) is 0 Å². The average molecular weight is 114 g/mol. The number of nitrogens with zero attached hydrogens (tertiary/aromatic N) is 1. The van der Waals surface area contributed by atoms with E-state index in [-0.39, 0.29) is 5.56 Å². The number of rotatable bonds is 0. The van der Waals surface area contributed by atoms with Crippen molar-refractivity contribution in [3.63, 3.8) is 0 Å². The molecule has 0 aromatic carbocycles. The van der Waals surface area contributed by atoms with Crippen molar-refractivity contribution in [2.75, 3.05) is 0 Å². The molecule has 0 saturated carbocycles. The standard InChI is InChI=1S/C6H6FN/c1-5-4-8-3-2-6(5)7/h2-4H,1H3/i1D3. The van der Waals surface area contributed by atoms with Crippen LogP contribution in [-0.2, 0) is 0 Å². The Balaban J connectivity index is 3.14. The molecule has 1 rings (SSSR count). The minimum absolute atomic E-state index is 0.333. The van der Waals surface area contributed by atoms with Crippen LogP contribution in [-0.4, -0.2) is 4.98 Å². The largest absolute Gasteiger partial charge is 0.264 e. The second-order valence-corrected chi connectivity index (χ2v) is 1.36. The Hall–Kier alpha value is -0.920. The summed E-state index contributed by atoms with van der Waals surface area (Å²) in [6.45, 7) is -2.40. The summed E-state index contributed by atoms with van der Waals surface area (Å²) < 4.78 is 33.3. The van der Waals surface area contributed by atoms with Gasteiger partial charge in [-0.2, -0.15) is 0 Å². The molecule has 1 nitrogen and oxygen atoms in total. The van der Waals surface area contributed by atoms with Gasteiger partial charge in [0, 0.05) is 22.1 Å². The maximum absolute atomic E-state index is 12.7. The van der Waals surface area contributed by atoms with Gasteiger partial charge in [-0.25, -0.2) is 4.39 Å². The van der Waals surface area contributed by atoms with E-state index in [0.29, 0.717) is 0 Å². The molecule has 0 atom stereocenters. The van der Waals surface area contributed by atoms with E-state index < -0.39 is 12.7 Å². The highest BCUT2D eigenvalue weighted by Gasteiger charge is 1.89. The van der Waals surface area contributed by atoms with Crippen molar-refractivity contribution in [3.8, 4) is 0 Å². The Kier molecular flexibility index (Phi) is 0.613. The number of halogens is 1. The molecule has 0 bridgehead atoms. The van der Waals surface area contributed by atoms with E-state index >= 15 is 0 Å². The maximum Gasteiger partial charge on any atom is 0.129 e. The molecule has 0 spiro atoms. The van der Waals surface area contributed by atoms with Crippen molar-refractivity contribution in [1.29, 1.82) is 0 Å². The molecule has 2 heteroatoms. The molecule has 0 aliphatic rings. The van der Waals surface area contributed by atoms with Gasteiger partial charge in [-0.15, -0.1) is 0 Å². The van der Waals surface area contributed by atoms with Crippen LogP contribution in [0.25, 0.3) is 0 Å². The lowest BCUT2D eigenvalue weighted by Crippen LogP contribution is -1.80. The highest BCUT2D eigenvalue weighted by Crippen LogP contribution is 1.99. The van der Waals surface area contributed by atoms with Gasteiger partial charge < -0.3 is 0 Å². The van der Waals surface area contributed by atoms with Crippen molar-refractivity contribution < 1.29 is 8.50 Å². The molecule has 0 aliphatic heterocycles. The predicted octanol–water partition coefficient (Wildman–Crippen LogP) is 1.53. The van der Waals surface area contributed by atoms with E-state index in [1.807, 2.05) is 0 Å². The maximum atomic E-state index is 12.7. The number of hydrogen-bond acceptors (Lipinski definition) is 1. The van der Waals surface area contributed by atoms with Gasteiger partial charge in [0.05, 0.1) is 0 Å². The Labute approximate surface area is 51.4 Å². The lowest BCUT2D eigenvalue weighted by Gasteiger charge is -1.88. The number of hydrogen-bond donors (Lipinski definition) is 0. The van der Waals surface area contributed by atoms with Crippen LogP contribution >= 0.6 is 0 Å². The molecule has 42 valence electrons. The molecule has 0 N–H and O–H groups in total. The molecule has 0 amide bonds. The Morgan fingerprint density at radius 1 is 1.88 bits per heavy atom. The normalized spacial score (nSPS) is 16.4. The number of aryl methyl sites for hydroxylation is 1. The summed E-state index contributed by atoms with van der Waals surface area (Å²) in [5.74, 6) is -0.736. The zero-order valence-corrected chi connectivity index (χ0v) is 4.06. The highest BCUT2D eigenvalue weighted by molar-refractivity contribution is 5.08. The number of pyridine rings is 1. The Morgan fingerprint density at radius 2 is 2.75 bits per heavy atom. The molecule has 1 heterocycles. The first kappa shape index (κ1) is 2.58. The van der Waals surface area contributed by atoms with Crippen LogP contribution in [0.3, 0.4) is 0 Å². The zero-order valence-electron chi connectivity index (χ0n) is 7.06. The first-order valence-electron chi connectivity index (χ1n) is 3.62. The molecule has 0 radical (unpaired) electrons. The fourth-order valence-electron chi connectivity index (χ4n) is 0.377. The minimum Gasteiger partial charge on any atom is -0.264 e. The summed E-state index contributed by atoms with van der Waals surface area (Å²) >= 11 is 0. The SMILES string of the molecule is [2H]C([2H])([2H])c1cnccc1F. The van der Waals surface area contributed by atoms with Crippen molar-refractivity contribution in [2.45, 2.75) is 6.85 Å². The van der Waals surface area contributed by atoms with E-state index in [0.717, 1.165) is 12.3 Å². The topological polar surface area (TPSA) is 12.9 Å². The number of aromatic nitrogens is 1. The van der Waals surface area contributed by atoms with Crippen LogP contribution in [0.4, 0.5) is 4.39 Å². The molecular formula is C6H6FN. The third kappa shape index (κ3) is 0.832. The van der Waals surface area contributed by atoms with Gasteiger partial charge in [-0.3, -0.25) is 4.98 Å². The first-order chi connectivity index (χ1) is 5.02. The monoisotopic (exact) mass is 114 g/mol. The lowest BCUT2D eigenvalue weighted by molar-refractivity contribution is 0.616. The molecular weight excluding hydrogens is 105 g/mol. The minimum atomic E-state index is -2.40. The molecule has 0 aliphatic carbocycles. The van der Waals surface area contributed by atoms with Crippen LogP contribution in [0.15, 0.2) is 18.5 Å². The fraction of sp³-hybridized carbons (Fsp3) is 0.167. The van der Waals surface area contributed by atoms with Crippen LogP contribution in [0, 0.1) is 12.7 Å². The van der Waals surface area contributed by atoms with Crippen molar-refractivity contribution >= 4 is 0 Å². The third-order valence-electron chi connectivity index (χ3n) is 0.768.